The summed E-state index contributed by atoms with van der Waals surface area (Å²) in [5.41, 5.74) is -1.22. The molecule has 188 valence electrons. The van der Waals surface area contributed by atoms with Crippen LogP contribution in [-0.4, -0.2) is 44.6 Å². The topological polar surface area (TPSA) is 100.0 Å². The van der Waals surface area contributed by atoms with Gasteiger partial charge in [-0.15, -0.1) is 4.90 Å². The number of halogens is 2. The SMILES string of the molecule is CC(C)(C)OC(=O)N(C(=O)OC(C)(C)C)c1nc2ccc(C(Br)Br)cc2n1C(=O)OC(C)(C)C. The molecule has 0 atom stereocenters. The highest BCUT2D eigenvalue weighted by Gasteiger charge is 2.38. The molecule has 9 nitrogen and oxygen atoms in total. The quantitative estimate of drug-likeness (QED) is 0.262. The molecule has 1 aromatic carbocycles. The maximum atomic E-state index is 13.3. The summed E-state index contributed by atoms with van der Waals surface area (Å²) in [6.45, 7) is 15.1. The van der Waals surface area contributed by atoms with E-state index in [0.717, 1.165) is 10.1 Å². The molecule has 2 amide bonds. The van der Waals surface area contributed by atoms with E-state index in [1.165, 1.54) is 0 Å². The highest BCUT2D eigenvalue weighted by atomic mass is 79.9. The van der Waals surface area contributed by atoms with Gasteiger partial charge in [0.1, 0.15) is 16.8 Å². The van der Waals surface area contributed by atoms with Crippen molar-refractivity contribution >= 4 is 67.1 Å². The van der Waals surface area contributed by atoms with Crippen LogP contribution < -0.4 is 4.90 Å². The number of imide groups is 1. The number of imidazole rings is 1. The van der Waals surface area contributed by atoms with Crippen LogP contribution in [0.3, 0.4) is 0 Å². The normalized spacial score (nSPS) is 12.6. The molecule has 0 spiro atoms. The number of rotatable bonds is 2. The molecule has 34 heavy (non-hydrogen) atoms. The number of anilines is 1. The molecule has 0 bridgehead atoms. The van der Waals surface area contributed by atoms with Crippen LogP contribution in [0.5, 0.6) is 0 Å². The van der Waals surface area contributed by atoms with Crippen LogP contribution in [0.25, 0.3) is 11.0 Å². The molecule has 0 aliphatic carbocycles. The smallest absolute Gasteiger partial charge is 0.427 e. The maximum Gasteiger partial charge on any atom is 0.427 e. The summed E-state index contributed by atoms with van der Waals surface area (Å²) in [5, 5.41) is 0. The summed E-state index contributed by atoms with van der Waals surface area (Å²) >= 11 is 6.88. The minimum Gasteiger partial charge on any atom is -0.443 e. The Kier molecular flexibility index (Phi) is 8.14. The predicted molar refractivity (Wildman–Crippen MR) is 137 cm³/mol. The molecule has 1 heterocycles. The van der Waals surface area contributed by atoms with Gasteiger partial charge in [-0.2, -0.15) is 0 Å². The number of carbonyl (C=O) groups is 3. The minimum atomic E-state index is -1.04. The molecule has 1 aromatic heterocycles. The van der Waals surface area contributed by atoms with Crippen molar-refractivity contribution in [1.29, 1.82) is 0 Å². The summed E-state index contributed by atoms with van der Waals surface area (Å²) in [6, 6.07) is 5.16. The second-order valence-electron chi connectivity index (χ2n) is 10.6. The van der Waals surface area contributed by atoms with E-state index in [9.17, 15) is 14.4 Å². The van der Waals surface area contributed by atoms with E-state index < -0.39 is 35.1 Å². The summed E-state index contributed by atoms with van der Waals surface area (Å²) in [4.78, 5) is 44.7. The highest BCUT2D eigenvalue weighted by molar-refractivity contribution is 9.24. The van der Waals surface area contributed by atoms with Gasteiger partial charge in [-0.3, -0.25) is 0 Å². The third-order valence-electron chi connectivity index (χ3n) is 3.84. The van der Waals surface area contributed by atoms with Crippen molar-refractivity contribution in [1.82, 2.24) is 9.55 Å². The Morgan fingerprint density at radius 1 is 0.853 bits per heavy atom. The predicted octanol–water partition coefficient (Wildman–Crippen LogP) is 7.28. The molecule has 0 aliphatic heterocycles. The van der Waals surface area contributed by atoms with Crippen molar-refractivity contribution in [2.45, 2.75) is 82.9 Å². The summed E-state index contributed by atoms with van der Waals surface area (Å²) in [7, 11) is 0. The molecule has 11 heteroatoms. The van der Waals surface area contributed by atoms with E-state index in [2.05, 4.69) is 36.8 Å². The Labute approximate surface area is 216 Å². The molecule has 0 aliphatic rings. The van der Waals surface area contributed by atoms with Crippen LogP contribution >= 0.6 is 31.9 Å². The number of ether oxygens (including phenoxy) is 3. The van der Waals surface area contributed by atoms with Crippen LogP contribution in [0.4, 0.5) is 20.3 Å². The monoisotopic (exact) mass is 603 g/mol. The molecular formula is C23H31Br2N3O6. The summed E-state index contributed by atoms with van der Waals surface area (Å²) in [5.74, 6) is -0.300. The number of hydrogen-bond acceptors (Lipinski definition) is 7. The van der Waals surface area contributed by atoms with Crippen molar-refractivity contribution in [3.8, 4) is 0 Å². The van der Waals surface area contributed by atoms with Crippen LogP contribution in [0.1, 0.15) is 71.6 Å². The van der Waals surface area contributed by atoms with Crippen LogP contribution in [0.15, 0.2) is 18.2 Å². The van der Waals surface area contributed by atoms with E-state index in [1.54, 1.807) is 80.5 Å². The third kappa shape index (κ3) is 7.43. The highest BCUT2D eigenvalue weighted by Crippen LogP contribution is 2.34. The van der Waals surface area contributed by atoms with Crippen LogP contribution in [0.2, 0.25) is 0 Å². The zero-order chi connectivity index (χ0) is 26.2. The average Bonchev–Trinajstić information content (AvgIpc) is 2.94. The summed E-state index contributed by atoms with van der Waals surface area (Å²) < 4.78 is 17.3. The van der Waals surface area contributed by atoms with Gasteiger partial charge in [0.2, 0.25) is 5.95 Å². The first-order valence-corrected chi connectivity index (χ1v) is 12.4. The Morgan fingerprint density at radius 3 is 1.74 bits per heavy atom. The van der Waals surface area contributed by atoms with Crippen molar-refractivity contribution in [3.05, 3.63) is 23.8 Å². The van der Waals surface area contributed by atoms with Crippen molar-refractivity contribution in [2.75, 3.05) is 4.90 Å². The number of carbonyl (C=O) groups excluding carboxylic acids is 3. The fourth-order valence-corrected chi connectivity index (χ4v) is 3.28. The first-order valence-electron chi connectivity index (χ1n) is 10.6. The number of aromatic nitrogens is 2. The largest absolute Gasteiger partial charge is 0.443 e. The van der Waals surface area contributed by atoms with E-state index in [0.29, 0.717) is 15.9 Å². The molecule has 0 N–H and O–H groups in total. The Balaban J connectivity index is 2.81. The van der Waals surface area contributed by atoms with Crippen molar-refractivity contribution in [2.24, 2.45) is 0 Å². The van der Waals surface area contributed by atoms with Crippen molar-refractivity contribution in [3.63, 3.8) is 0 Å². The minimum absolute atomic E-state index is 0.206. The lowest BCUT2D eigenvalue weighted by Gasteiger charge is -2.28. The zero-order valence-electron chi connectivity index (χ0n) is 20.9. The number of hydrogen-bond donors (Lipinski definition) is 0. The van der Waals surface area contributed by atoms with Crippen LogP contribution in [0, 0.1) is 0 Å². The van der Waals surface area contributed by atoms with Gasteiger partial charge < -0.3 is 14.2 Å². The Morgan fingerprint density at radius 2 is 1.32 bits per heavy atom. The maximum absolute atomic E-state index is 13.3. The van der Waals surface area contributed by atoms with Gasteiger partial charge in [-0.1, -0.05) is 37.9 Å². The zero-order valence-corrected chi connectivity index (χ0v) is 24.0. The Hall–Kier alpha value is -2.14. The van der Waals surface area contributed by atoms with Gasteiger partial charge in [0, 0.05) is 0 Å². The molecule has 2 rings (SSSR count). The number of fused-ring (bicyclic) bond motifs is 1. The molecular weight excluding hydrogens is 574 g/mol. The fraction of sp³-hybridized carbons (Fsp3) is 0.565. The standard InChI is InChI=1S/C23H31Br2N3O6/c1-21(2,3)32-18(29)27-15-12-13(16(24)25)10-11-14(15)26-17(27)28(19(30)33-22(4,5)6)20(31)34-23(7,8)9/h10-12,16H,1-9H3. The fourth-order valence-electron chi connectivity index (χ4n) is 2.71. The molecule has 2 aromatic rings. The number of benzene rings is 1. The van der Waals surface area contributed by atoms with Gasteiger partial charge in [-0.25, -0.2) is 23.9 Å². The number of amides is 2. The molecule has 0 radical (unpaired) electrons. The lowest BCUT2D eigenvalue weighted by atomic mass is 10.2. The first kappa shape index (κ1) is 28.1. The second kappa shape index (κ2) is 9.85. The second-order valence-corrected chi connectivity index (χ2v) is 13.6. The lowest BCUT2D eigenvalue weighted by Crippen LogP contribution is -2.45. The van der Waals surface area contributed by atoms with E-state index >= 15 is 0 Å². The molecule has 0 fully saturated rings. The lowest BCUT2D eigenvalue weighted by molar-refractivity contribution is 0.0424. The Bertz CT molecular complexity index is 1060. The van der Waals surface area contributed by atoms with Gasteiger partial charge in [0.25, 0.3) is 0 Å². The number of nitrogens with zero attached hydrogens (tertiary/aromatic N) is 3. The van der Waals surface area contributed by atoms with E-state index in [4.69, 9.17) is 14.2 Å². The van der Waals surface area contributed by atoms with Gasteiger partial charge in [0.15, 0.2) is 0 Å². The number of alkyl halides is 2. The summed E-state index contributed by atoms with van der Waals surface area (Å²) in [6.07, 6.45) is -2.90. The van der Waals surface area contributed by atoms with Gasteiger partial charge >= 0.3 is 18.3 Å². The molecule has 0 unspecified atom stereocenters. The van der Waals surface area contributed by atoms with E-state index in [-0.39, 0.29) is 9.68 Å². The molecule has 0 saturated carbocycles. The van der Waals surface area contributed by atoms with Gasteiger partial charge in [-0.05, 0) is 80.0 Å². The molecule has 0 saturated heterocycles. The van der Waals surface area contributed by atoms with Gasteiger partial charge in [0.05, 0.1) is 14.8 Å². The van der Waals surface area contributed by atoms with Crippen molar-refractivity contribution < 1.29 is 28.6 Å². The first-order chi connectivity index (χ1) is 15.3. The van der Waals surface area contributed by atoms with E-state index in [1.807, 2.05) is 0 Å². The van der Waals surface area contributed by atoms with Crippen LogP contribution in [-0.2, 0) is 14.2 Å². The third-order valence-corrected chi connectivity index (χ3v) is 4.90. The average molecular weight is 605 g/mol.